The molecule has 0 unspecified atom stereocenters. The maximum Gasteiger partial charge on any atom is 0.320 e. The summed E-state index contributed by atoms with van der Waals surface area (Å²) in [5.74, 6) is -1.52. The maximum atomic E-state index is 12.7. The largest absolute Gasteiger partial charge is 0.480 e. The van der Waals surface area contributed by atoms with Gasteiger partial charge in [0.15, 0.2) is 0 Å². The molecule has 0 saturated heterocycles. The Morgan fingerprint density at radius 3 is 2.74 bits per heavy atom. The van der Waals surface area contributed by atoms with Crippen molar-refractivity contribution in [2.45, 2.75) is 32.5 Å². The third kappa shape index (κ3) is 4.67. The number of benzene rings is 1. The zero-order chi connectivity index (χ0) is 14.4. The predicted molar refractivity (Wildman–Crippen MR) is 69.5 cm³/mol. The van der Waals surface area contributed by atoms with Crippen LogP contribution in [0.2, 0.25) is 0 Å². The van der Waals surface area contributed by atoms with Crippen molar-refractivity contribution in [1.82, 2.24) is 0 Å². The smallest absolute Gasteiger partial charge is 0.320 e. The summed E-state index contributed by atoms with van der Waals surface area (Å²) in [5.41, 5.74) is 7.00. The normalized spacial score (nSPS) is 11.9. The maximum absolute atomic E-state index is 12.7. The molecular formula is C13H17FN2O3. The Kier molecular flexibility index (Phi) is 5.44. The molecule has 0 bridgehead atoms. The van der Waals surface area contributed by atoms with Crippen molar-refractivity contribution in [3.8, 4) is 0 Å². The lowest BCUT2D eigenvalue weighted by Gasteiger charge is -2.11. The number of hydrogen-bond acceptors (Lipinski definition) is 3. The van der Waals surface area contributed by atoms with Crippen LogP contribution in [0.4, 0.5) is 10.1 Å². The van der Waals surface area contributed by atoms with Gasteiger partial charge in [0.05, 0.1) is 0 Å². The van der Waals surface area contributed by atoms with E-state index in [2.05, 4.69) is 5.32 Å². The molecule has 1 aromatic rings. The zero-order valence-corrected chi connectivity index (χ0v) is 10.6. The van der Waals surface area contributed by atoms with Gasteiger partial charge in [-0.2, -0.15) is 0 Å². The van der Waals surface area contributed by atoms with Gasteiger partial charge in [-0.05, 0) is 25.0 Å². The number of carboxylic acids is 1. The highest BCUT2D eigenvalue weighted by molar-refractivity contribution is 5.92. The van der Waals surface area contributed by atoms with E-state index in [-0.39, 0.29) is 18.7 Å². The van der Waals surface area contributed by atoms with Crippen molar-refractivity contribution in [1.29, 1.82) is 0 Å². The summed E-state index contributed by atoms with van der Waals surface area (Å²) in [6, 6.07) is 3.96. The van der Waals surface area contributed by atoms with Crippen LogP contribution in [0.15, 0.2) is 18.2 Å². The van der Waals surface area contributed by atoms with Gasteiger partial charge in [0.1, 0.15) is 12.7 Å². The van der Waals surface area contributed by atoms with Gasteiger partial charge in [-0.3, -0.25) is 9.59 Å². The van der Waals surface area contributed by atoms with Crippen molar-refractivity contribution >= 4 is 17.6 Å². The van der Waals surface area contributed by atoms with Crippen LogP contribution in [-0.2, 0) is 16.3 Å². The highest BCUT2D eigenvalue weighted by atomic mass is 19.1. The molecule has 1 amide bonds. The van der Waals surface area contributed by atoms with Crippen molar-refractivity contribution in [3.63, 3.8) is 0 Å². The minimum Gasteiger partial charge on any atom is -0.480 e. The lowest BCUT2D eigenvalue weighted by molar-refractivity contribution is -0.138. The van der Waals surface area contributed by atoms with Gasteiger partial charge in [0.25, 0.3) is 0 Å². The number of rotatable bonds is 6. The number of aliphatic carboxylic acids is 1. The fourth-order valence-electron chi connectivity index (χ4n) is 1.55. The number of hydrogen-bond donors (Lipinski definition) is 3. The monoisotopic (exact) mass is 268 g/mol. The first kappa shape index (κ1) is 15.1. The molecule has 6 heteroatoms. The fraction of sp³-hybridized carbons (Fsp3) is 0.385. The predicted octanol–water partition coefficient (Wildman–Crippen LogP) is 1.60. The van der Waals surface area contributed by atoms with Gasteiger partial charge in [0.2, 0.25) is 5.91 Å². The average molecular weight is 268 g/mol. The van der Waals surface area contributed by atoms with Crippen LogP contribution >= 0.6 is 0 Å². The summed E-state index contributed by atoms with van der Waals surface area (Å²) in [4.78, 5) is 22.1. The quantitative estimate of drug-likeness (QED) is 0.730. The van der Waals surface area contributed by atoms with E-state index in [1.54, 1.807) is 18.2 Å². The van der Waals surface area contributed by atoms with Crippen LogP contribution in [0.1, 0.15) is 24.0 Å². The van der Waals surface area contributed by atoms with E-state index in [0.29, 0.717) is 11.3 Å². The number of aryl methyl sites for hydroxylation is 1. The van der Waals surface area contributed by atoms with E-state index < -0.39 is 18.7 Å². The molecule has 4 N–H and O–H groups in total. The molecule has 0 fully saturated rings. The number of carbonyl (C=O) groups excluding carboxylic acids is 1. The summed E-state index contributed by atoms with van der Waals surface area (Å²) >= 11 is 0. The summed E-state index contributed by atoms with van der Waals surface area (Å²) in [6.45, 7) is 1.16. The first-order valence-electron chi connectivity index (χ1n) is 5.87. The molecule has 0 aliphatic rings. The topological polar surface area (TPSA) is 92.4 Å². The van der Waals surface area contributed by atoms with Crippen LogP contribution in [0.3, 0.4) is 0 Å². The molecule has 0 aliphatic carbocycles. The number of carbonyl (C=O) groups is 2. The van der Waals surface area contributed by atoms with Crippen LogP contribution in [0.25, 0.3) is 0 Å². The number of alkyl halides is 1. The molecule has 1 atom stereocenters. The van der Waals surface area contributed by atoms with Crippen LogP contribution in [0.5, 0.6) is 0 Å². The lowest BCUT2D eigenvalue weighted by atomic mass is 10.1. The van der Waals surface area contributed by atoms with Crippen molar-refractivity contribution in [3.05, 3.63) is 29.3 Å². The molecule has 0 saturated carbocycles. The molecule has 19 heavy (non-hydrogen) atoms. The molecule has 0 aromatic heterocycles. The van der Waals surface area contributed by atoms with Crippen molar-refractivity contribution in [2.24, 2.45) is 5.73 Å². The Morgan fingerprint density at radius 2 is 2.16 bits per heavy atom. The number of amides is 1. The molecule has 104 valence electrons. The van der Waals surface area contributed by atoms with Gasteiger partial charge in [-0.25, -0.2) is 4.39 Å². The molecule has 0 heterocycles. The number of carboxylic acid groups (broad SMARTS) is 1. The summed E-state index contributed by atoms with van der Waals surface area (Å²) < 4.78 is 12.7. The minimum atomic E-state index is -1.15. The minimum absolute atomic E-state index is 0.0207. The SMILES string of the molecule is Cc1ccc(CF)c(NC(=O)CC[C@H](N)C(=O)O)c1. The highest BCUT2D eigenvalue weighted by Gasteiger charge is 2.14. The summed E-state index contributed by atoms with van der Waals surface area (Å²) in [6.07, 6.45) is 0.0189. The summed E-state index contributed by atoms with van der Waals surface area (Å²) in [5, 5.41) is 11.2. The van der Waals surface area contributed by atoms with Crippen LogP contribution in [0, 0.1) is 6.92 Å². The Morgan fingerprint density at radius 1 is 1.47 bits per heavy atom. The fourth-order valence-corrected chi connectivity index (χ4v) is 1.55. The van der Waals surface area contributed by atoms with E-state index in [4.69, 9.17) is 10.8 Å². The van der Waals surface area contributed by atoms with Crippen molar-refractivity contribution < 1.29 is 19.1 Å². The third-order valence-electron chi connectivity index (χ3n) is 2.68. The third-order valence-corrected chi connectivity index (χ3v) is 2.68. The van der Waals surface area contributed by atoms with Gasteiger partial charge >= 0.3 is 5.97 Å². The Hall–Kier alpha value is -1.95. The van der Waals surface area contributed by atoms with E-state index in [0.717, 1.165) is 5.56 Å². The van der Waals surface area contributed by atoms with E-state index >= 15 is 0 Å². The van der Waals surface area contributed by atoms with Crippen LogP contribution in [-0.4, -0.2) is 23.0 Å². The lowest BCUT2D eigenvalue weighted by Crippen LogP contribution is -2.31. The first-order chi connectivity index (χ1) is 8.93. The number of nitrogens with one attached hydrogen (secondary N) is 1. The Bertz CT molecular complexity index is 477. The van der Waals surface area contributed by atoms with Gasteiger partial charge in [0, 0.05) is 17.7 Å². The van der Waals surface area contributed by atoms with Crippen molar-refractivity contribution in [2.75, 3.05) is 5.32 Å². The highest BCUT2D eigenvalue weighted by Crippen LogP contribution is 2.19. The molecular weight excluding hydrogens is 251 g/mol. The first-order valence-corrected chi connectivity index (χ1v) is 5.87. The molecule has 5 nitrogen and oxygen atoms in total. The van der Waals surface area contributed by atoms with Gasteiger partial charge in [-0.1, -0.05) is 12.1 Å². The standard InChI is InChI=1S/C13H17FN2O3/c1-8-2-3-9(7-14)11(6-8)16-12(17)5-4-10(15)13(18)19/h2-3,6,10H,4-5,7,15H2,1H3,(H,16,17)(H,18,19)/t10-/m0/s1. The molecule has 1 rings (SSSR count). The van der Waals surface area contributed by atoms with Gasteiger partial charge in [-0.15, -0.1) is 0 Å². The summed E-state index contributed by atoms with van der Waals surface area (Å²) in [7, 11) is 0. The number of anilines is 1. The van der Waals surface area contributed by atoms with E-state index in [1.165, 1.54) is 0 Å². The molecule has 0 aliphatic heterocycles. The Labute approximate surface area is 110 Å². The molecule has 0 radical (unpaired) electrons. The Balaban J connectivity index is 2.62. The second-order valence-corrected chi connectivity index (χ2v) is 4.33. The number of halogens is 1. The number of nitrogens with two attached hydrogens (primary N) is 1. The molecule has 0 spiro atoms. The second kappa shape index (κ2) is 6.84. The van der Waals surface area contributed by atoms with Gasteiger partial charge < -0.3 is 16.2 Å². The van der Waals surface area contributed by atoms with E-state index in [1.807, 2.05) is 6.92 Å². The average Bonchev–Trinajstić information content (AvgIpc) is 2.36. The van der Waals surface area contributed by atoms with E-state index in [9.17, 15) is 14.0 Å². The second-order valence-electron chi connectivity index (χ2n) is 4.33. The van der Waals surface area contributed by atoms with Crippen LogP contribution < -0.4 is 11.1 Å². The molecule has 1 aromatic carbocycles. The zero-order valence-electron chi connectivity index (χ0n) is 10.6.